The summed E-state index contributed by atoms with van der Waals surface area (Å²) in [6, 6.07) is 0. The second-order valence-corrected chi connectivity index (χ2v) is 7.14. The molecule has 1 unspecified atom stereocenters. The van der Waals surface area contributed by atoms with Gasteiger partial charge in [0.15, 0.2) is 0 Å². The number of hydrogen-bond acceptors (Lipinski definition) is 2. The van der Waals surface area contributed by atoms with Crippen LogP contribution in [0.3, 0.4) is 0 Å². The van der Waals surface area contributed by atoms with Crippen molar-refractivity contribution in [2.75, 3.05) is 33.9 Å². The zero-order chi connectivity index (χ0) is 8.81. The third kappa shape index (κ3) is 3.93. The third-order valence-corrected chi connectivity index (χ3v) is 5.91. The quantitative estimate of drug-likeness (QED) is 0.530. The Morgan fingerprint density at radius 3 is 2.67 bits per heavy atom. The van der Waals surface area contributed by atoms with Crippen molar-refractivity contribution in [3.05, 3.63) is 0 Å². The van der Waals surface area contributed by atoms with Gasteiger partial charge in [0.1, 0.15) is 0 Å². The Morgan fingerprint density at radius 2 is 2.08 bits per heavy atom. The first kappa shape index (κ1) is 10.6. The molecule has 0 spiro atoms. The maximum atomic E-state index is 5.07. The summed E-state index contributed by atoms with van der Waals surface area (Å²) in [6.07, 6.45) is 2.89. The molecular formula is C9H20AsNO. The molecule has 1 atom stereocenters. The van der Waals surface area contributed by atoms with Crippen LogP contribution < -0.4 is 0 Å². The Bertz CT molecular complexity index is 113. The zero-order valence-electron chi connectivity index (χ0n) is 8.18. The average molecular weight is 233 g/mol. The predicted octanol–water partition coefficient (Wildman–Crippen LogP) is 1.00. The topological polar surface area (TPSA) is 12.5 Å². The van der Waals surface area contributed by atoms with Gasteiger partial charge in [0.05, 0.1) is 0 Å². The summed E-state index contributed by atoms with van der Waals surface area (Å²) in [7, 11) is 4.03. The van der Waals surface area contributed by atoms with Gasteiger partial charge in [0, 0.05) is 0 Å². The normalized spacial score (nSPS) is 22.5. The van der Waals surface area contributed by atoms with Crippen molar-refractivity contribution in [1.82, 2.24) is 4.90 Å². The molecule has 3 heteroatoms. The van der Waals surface area contributed by atoms with Crippen LogP contribution >= 0.6 is 0 Å². The predicted molar refractivity (Wildman–Crippen MR) is 54.3 cm³/mol. The first-order valence-corrected chi connectivity index (χ1v) is 7.43. The molecule has 12 heavy (non-hydrogen) atoms. The van der Waals surface area contributed by atoms with E-state index in [0.29, 0.717) is 15.8 Å². The molecule has 1 saturated heterocycles. The van der Waals surface area contributed by atoms with E-state index >= 15 is 0 Å². The van der Waals surface area contributed by atoms with E-state index in [0.717, 1.165) is 11.3 Å². The van der Waals surface area contributed by atoms with Gasteiger partial charge in [0.2, 0.25) is 0 Å². The monoisotopic (exact) mass is 233 g/mol. The van der Waals surface area contributed by atoms with Crippen LogP contribution in [0.15, 0.2) is 0 Å². The molecule has 0 bridgehead atoms. The number of rotatable bonds is 4. The van der Waals surface area contributed by atoms with Gasteiger partial charge in [-0.15, -0.1) is 0 Å². The summed E-state index contributed by atoms with van der Waals surface area (Å²) in [4.78, 5) is 2.44. The molecule has 0 amide bonds. The van der Waals surface area contributed by atoms with Crippen molar-refractivity contribution in [3.8, 4) is 0 Å². The molecule has 0 aromatic carbocycles. The van der Waals surface area contributed by atoms with Gasteiger partial charge in [-0.25, -0.2) is 0 Å². The molecule has 1 aliphatic heterocycles. The summed E-state index contributed by atoms with van der Waals surface area (Å²) in [5, 5.41) is 1.37. The van der Waals surface area contributed by atoms with E-state index in [1.165, 1.54) is 31.1 Å². The molecule has 0 saturated carbocycles. The van der Waals surface area contributed by atoms with Crippen molar-refractivity contribution < 1.29 is 4.74 Å². The molecule has 0 aromatic heterocycles. The van der Waals surface area contributed by atoms with Gasteiger partial charge >= 0.3 is 82.0 Å². The summed E-state index contributed by atoms with van der Waals surface area (Å²) >= 11 is 0.298. The van der Waals surface area contributed by atoms with E-state index in [-0.39, 0.29) is 0 Å². The van der Waals surface area contributed by atoms with Gasteiger partial charge in [-0.05, 0) is 0 Å². The maximum absolute atomic E-state index is 5.07. The Labute approximate surface area is 82.3 Å². The fourth-order valence-corrected chi connectivity index (χ4v) is 4.51. The number of ether oxygens (including phenoxy) is 1. The van der Waals surface area contributed by atoms with E-state index in [1.54, 1.807) is 7.11 Å². The SMILES string of the molecule is COCC[AsH]C1CCN(C)CC1. The van der Waals surface area contributed by atoms with Crippen LogP contribution in [-0.2, 0) is 4.74 Å². The minimum atomic E-state index is 0.298. The van der Waals surface area contributed by atoms with E-state index in [1.807, 2.05) is 0 Å². The summed E-state index contributed by atoms with van der Waals surface area (Å²) < 4.78 is 6.17. The van der Waals surface area contributed by atoms with Crippen molar-refractivity contribution in [1.29, 1.82) is 0 Å². The van der Waals surface area contributed by atoms with Crippen LogP contribution in [0.2, 0.25) is 9.91 Å². The Kier molecular flexibility index (Phi) is 5.29. The van der Waals surface area contributed by atoms with Gasteiger partial charge in [-0.1, -0.05) is 0 Å². The number of nitrogens with zero attached hydrogens (tertiary/aromatic N) is 1. The summed E-state index contributed by atoms with van der Waals surface area (Å²) in [5.74, 6) is 0. The van der Waals surface area contributed by atoms with Gasteiger partial charge in [-0.3, -0.25) is 0 Å². The molecule has 1 rings (SSSR count). The van der Waals surface area contributed by atoms with Crippen molar-refractivity contribution in [3.63, 3.8) is 0 Å². The standard InChI is InChI=1S/C9H20AsNO/c1-11-6-3-9(4-7-11)10-5-8-12-2/h9-10H,3-8H2,1-2H3. The fourth-order valence-electron chi connectivity index (χ4n) is 1.58. The van der Waals surface area contributed by atoms with E-state index in [9.17, 15) is 0 Å². The first-order valence-electron chi connectivity index (χ1n) is 4.74. The van der Waals surface area contributed by atoms with Gasteiger partial charge < -0.3 is 0 Å². The Balaban J connectivity index is 2.01. The number of likely N-dealkylation sites (tertiary alicyclic amines) is 1. The van der Waals surface area contributed by atoms with E-state index in [2.05, 4.69) is 11.9 Å². The summed E-state index contributed by atoms with van der Waals surface area (Å²) in [5.41, 5.74) is 0. The van der Waals surface area contributed by atoms with Crippen LogP contribution in [0.4, 0.5) is 0 Å². The Morgan fingerprint density at radius 1 is 1.42 bits per heavy atom. The van der Waals surface area contributed by atoms with Crippen LogP contribution in [0.1, 0.15) is 12.8 Å². The second kappa shape index (κ2) is 6.01. The molecule has 72 valence electrons. The second-order valence-electron chi connectivity index (χ2n) is 3.52. The van der Waals surface area contributed by atoms with E-state index in [4.69, 9.17) is 4.74 Å². The summed E-state index contributed by atoms with van der Waals surface area (Å²) in [6.45, 7) is 3.63. The van der Waals surface area contributed by atoms with Gasteiger partial charge in [-0.2, -0.15) is 0 Å². The fraction of sp³-hybridized carbons (Fsp3) is 1.00. The molecular weight excluding hydrogens is 213 g/mol. The van der Waals surface area contributed by atoms with Gasteiger partial charge in [0.25, 0.3) is 0 Å². The third-order valence-electron chi connectivity index (χ3n) is 2.46. The molecule has 0 aromatic rings. The van der Waals surface area contributed by atoms with Crippen molar-refractivity contribution in [2.45, 2.75) is 22.8 Å². The molecule has 2 nitrogen and oxygen atoms in total. The number of methoxy groups -OCH3 is 1. The molecule has 0 aliphatic carbocycles. The average Bonchev–Trinajstić information content (AvgIpc) is 2.09. The van der Waals surface area contributed by atoms with Crippen LogP contribution in [0.25, 0.3) is 0 Å². The van der Waals surface area contributed by atoms with Crippen LogP contribution in [0, 0.1) is 0 Å². The number of piperidine rings is 1. The molecule has 0 radical (unpaired) electrons. The van der Waals surface area contributed by atoms with Crippen LogP contribution in [-0.4, -0.2) is 54.5 Å². The zero-order valence-corrected chi connectivity index (χ0v) is 10.3. The molecule has 0 N–H and O–H groups in total. The van der Waals surface area contributed by atoms with Crippen LogP contribution in [0.5, 0.6) is 0 Å². The molecule has 1 heterocycles. The molecule has 1 aliphatic rings. The van der Waals surface area contributed by atoms with E-state index < -0.39 is 0 Å². The number of hydrogen-bond donors (Lipinski definition) is 0. The van der Waals surface area contributed by atoms with Crippen molar-refractivity contribution in [2.24, 2.45) is 0 Å². The first-order chi connectivity index (χ1) is 5.83. The van der Waals surface area contributed by atoms with Crippen molar-refractivity contribution >= 4 is 15.8 Å². The molecule has 1 fully saturated rings. The minimum absolute atomic E-state index is 0.298. The Hall–Kier alpha value is 0.478.